The molecule has 0 bridgehead atoms. The number of pyridine rings is 1. The molecule has 6 heteroatoms. The van der Waals surface area contributed by atoms with E-state index in [1.807, 2.05) is 0 Å². The number of carbonyl (C=O) groups excluding carboxylic acids is 2. The fraction of sp³-hybridized carbons (Fsp3) is 0.381. The number of aromatic nitrogens is 1. The van der Waals surface area contributed by atoms with Crippen LogP contribution in [-0.2, 0) is 11.3 Å². The predicted molar refractivity (Wildman–Crippen MR) is 104 cm³/mol. The van der Waals surface area contributed by atoms with Gasteiger partial charge in [0.2, 0.25) is 0 Å². The van der Waals surface area contributed by atoms with E-state index >= 15 is 0 Å². The summed E-state index contributed by atoms with van der Waals surface area (Å²) in [5.41, 5.74) is 2.94. The summed E-state index contributed by atoms with van der Waals surface area (Å²) in [6.45, 7) is 2.73. The van der Waals surface area contributed by atoms with Gasteiger partial charge in [-0.3, -0.25) is 9.78 Å². The average molecular weight is 367 g/mol. The maximum atomic E-state index is 12.6. The Labute approximate surface area is 159 Å². The van der Waals surface area contributed by atoms with Crippen molar-refractivity contribution >= 4 is 17.6 Å². The SMILES string of the molecule is COC(=O)c1ccc(C(=O)N(C)Cc2ccc(N3CCCCC3)cc2)nc1. The van der Waals surface area contributed by atoms with Crippen molar-refractivity contribution in [2.24, 2.45) is 0 Å². The van der Waals surface area contributed by atoms with Crippen molar-refractivity contribution in [3.8, 4) is 0 Å². The molecule has 0 N–H and O–H groups in total. The van der Waals surface area contributed by atoms with Crippen LogP contribution in [-0.4, -0.2) is 49.0 Å². The molecule has 1 amide bonds. The van der Waals surface area contributed by atoms with E-state index in [2.05, 4.69) is 38.9 Å². The second-order valence-electron chi connectivity index (χ2n) is 6.80. The molecule has 1 aliphatic rings. The summed E-state index contributed by atoms with van der Waals surface area (Å²) >= 11 is 0. The van der Waals surface area contributed by atoms with E-state index < -0.39 is 5.97 Å². The van der Waals surface area contributed by atoms with Gasteiger partial charge in [0, 0.05) is 38.6 Å². The van der Waals surface area contributed by atoms with Gasteiger partial charge in [0.25, 0.3) is 5.91 Å². The first kappa shape index (κ1) is 18.9. The van der Waals surface area contributed by atoms with Crippen LogP contribution < -0.4 is 4.90 Å². The number of piperidine rings is 1. The van der Waals surface area contributed by atoms with Gasteiger partial charge in [0.15, 0.2) is 0 Å². The van der Waals surface area contributed by atoms with Gasteiger partial charge in [-0.1, -0.05) is 12.1 Å². The lowest BCUT2D eigenvalue weighted by Gasteiger charge is -2.29. The molecule has 1 aromatic heterocycles. The highest BCUT2D eigenvalue weighted by Gasteiger charge is 2.15. The van der Waals surface area contributed by atoms with Crippen molar-refractivity contribution in [3.05, 3.63) is 59.4 Å². The van der Waals surface area contributed by atoms with Gasteiger partial charge in [-0.05, 0) is 49.1 Å². The molecule has 0 saturated carbocycles. The third kappa shape index (κ3) is 4.64. The van der Waals surface area contributed by atoms with E-state index in [0.29, 0.717) is 17.8 Å². The molecule has 2 aromatic rings. The minimum Gasteiger partial charge on any atom is -0.465 e. The monoisotopic (exact) mass is 367 g/mol. The van der Waals surface area contributed by atoms with Crippen molar-refractivity contribution in [2.75, 3.05) is 32.1 Å². The van der Waals surface area contributed by atoms with Crippen LogP contribution in [0.1, 0.15) is 45.7 Å². The summed E-state index contributed by atoms with van der Waals surface area (Å²) in [4.78, 5) is 32.1. The summed E-state index contributed by atoms with van der Waals surface area (Å²) in [7, 11) is 3.06. The van der Waals surface area contributed by atoms with E-state index in [0.717, 1.165) is 18.7 Å². The molecule has 0 aliphatic carbocycles. The summed E-state index contributed by atoms with van der Waals surface area (Å²) in [5, 5.41) is 0. The van der Waals surface area contributed by atoms with Gasteiger partial charge in [0.05, 0.1) is 12.7 Å². The third-order valence-electron chi connectivity index (χ3n) is 4.83. The summed E-state index contributed by atoms with van der Waals surface area (Å²) in [6.07, 6.45) is 5.18. The molecule has 27 heavy (non-hydrogen) atoms. The number of esters is 1. The minimum absolute atomic E-state index is 0.188. The van der Waals surface area contributed by atoms with E-state index in [9.17, 15) is 9.59 Å². The number of anilines is 1. The molecule has 0 atom stereocenters. The number of nitrogens with zero attached hydrogens (tertiary/aromatic N) is 3. The topological polar surface area (TPSA) is 62.7 Å². The number of carbonyl (C=O) groups is 2. The Kier molecular flexibility index (Phi) is 6.06. The van der Waals surface area contributed by atoms with Crippen molar-refractivity contribution < 1.29 is 14.3 Å². The van der Waals surface area contributed by atoms with Crippen LogP contribution in [0.25, 0.3) is 0 Å². The molecule has 1 saturated heterocycles. The Morgan fingerprint density at radius 1 is 1.07 bits per heavy atom. The minimum atomic E-state index is -0.469. The van der Waals surface area contributed by atoms with Gasteiger partial charge >= 0.3 is 5.97 Å². The lowest BCUT2D eigenvalue weighted by Crippen LogP contribution is -2.29. The van der Waals surface area contributed by atoms with Crippen LogP contribution in [0, 0.1) is 0 Å². The molecule has 0 spiro atoms. The molecular formula is C21H25N3O3. The van der Waals surface area contributed by atoms with Gasteiger partial charge in [0.1, 0.15) is 5.69 Å². The Bertz CT molecular complexity index is 781. The zero-order valence-electron chi connectivity index (χ0n) is 15.9. The first-order valence-corrected chi connectivity index (χ1v) is 9.22. The van der Waals surface area contributed by atoms with Crippen molar-refractivity contribution in [2.45, 2.75) is 25.8 Å². The number of hydrogen-bond acceptors (Lipinski definition) is 5. The number of ether oxygens (including phenoxy) is 1. The maximum absolute atomic E-state index is 12.6. The standard InChI is InChI=1S/C21H25N3O3/c1-23(20(25)19-11-8-17(14-22-19)21(26)27-2)15-16-6-9-18(10-7-16)24-12-4-3-5-13-24/h6-11,14H,3-5,12-13,15H2,1-2H3. The lowest BCUT2D eigenvalue weighted by atomic mass is 10.1. The fourth-order valence-electron chi connectivity index (χ4n) is 3.26. The molecule has 2 heterocycles. The van der Waals surface area contributed by atoms with Crippen LogP contribution in [0.5, 0.6) is 0 Å². The molecule has 6 nitrogen and oxygen atoms in total. The summed E-state index contributed by atoms with van der Waals surface area (Å²) in [6, 6.07) is 11.5. The van der Waals surface area contributed by atoms with Gasteiger partial charge in [-0.2, -0.15) is 0 Å². The Hall–Kier alpha value is -2.89. The van der Waals surface area contributed by atoms with E-state index in [-0.39, 0.29) is 5.91 Å². The summed E-state index contributed by atoms with van der Waals surface area (Å²) < 4.78 is 4.64. The van der Waals surface area contributed by atoms with E-state index in [4.69, 9.17) is 0 Å². The molecule has 142 valence electrons. The highest BCUT2D eigenvalue weighted by molar-refractivity contribution is 5.94. The van der Waals surface area contributed by atoms with Crippen molar-refractivity contribution in [1.29, 1.82) is 0 Å². The molecule has 3 rings (SSSR count). The highest BCUT2D eigenvalue weighted by atomic mass is 16.5. The van der Waals surface area contributed by atoms with E-state index in [1.165, 1.54) is 38.3 Å². The number of rotatable bonds is 5. The first-order valence-electron chi connectivity index (χ1n) is 9.22. The number of methoxy groups -OCH3 is 1. The molecule has 1 aliphatic heterocycles. The normalized spacial score (nSPS) is 13.9. The van der Waals surface area contributed by atoms with Crippen LogP contribution in [0.4, 0.5) is 5.69 Å². The van der Waals surface area contributed by atoms with Crippen LogP contribution in [0.2, 0.25) is 0 Å². The van der Waals surface area contributed by atoms with Gasteiger partial charge < -0.3 is 14.5 Å². The average Bonchev–Trinajstić information content (AvgIpc) is 2.74. The number of hydrogen-bond donors (Lipinski definition) is 0. The van der Waals surface area contributed by atoms with Crippen molar-refractivity contribution in [1.82, 2.24) is 9.88 Å². The number of benzene rings is 1. The maximum Gasteiger partial charge on any atom is 0.339 e. The largest absolute Gasteiger partial charge is 0.465 e. The van der Waals surface area contributed by atoms with E-state index in [1.54, 1.807) is 24.1 Å². The molecule has 0 unspecified atom stereocenters. The molecule has 0 radical (unpaired) electrons. The van der Waals surface area contributed by atoms with Gasteiger partial charge in [-0.25, -0.2) is 4.79 Å². The van der Waals surface area contributed by atoms with Crippen LogP contribution >= 0.6 is 0 Å². The molecular weight excluding hydrogens is 342 g/mol. The smallest absolute Gasteiger partial charge is 0.339 e. The second-order valence-corrected chi connectivity index (χ2v) is 6.80. The number of amides is 1. The first-order chi connectivity index (χ1) is 13.1. The Morgan fingerprint density at radius 3 is 2.37 bits per heavy atom. The highest BCUT2D eigenvalue weighted by Crippen LogP contribution is 2.20. The Balaban J connectivity index is 1.61. The lowest BCUT2D eigenvalue weighted by molar-refractivity contribution is 0.0599. The predicted octanol–water partition coefficient (Wildman–Crippen LogP) is 3.13. The molecule has 1 aromatic carbocycles. The van der Waals surface area contributed by atoms with Crippen LogP contribution in [0.15, 0.2) is 42.6 Å². The second kappa shape index (κ2) is 8.66. The van der Waals surface area contributed by atoms with Crippen molar-refractivity contribution in [3.63, 3.8) is 0 Å². The summed E-state index contributed by atoms with van der Waals surface area (Å²) in [5.74, 6) is -0.657. The quantitative estimate of drug-likeness (QED) is 0.760. The van der Waals surface area contributed by atoms with Crippen LogP contribution in [0.3, 0.4) is 0 Å². The molecule has 1 fully saturated rings. The third-order valence-corrected chi connectivity index (χ3v) is 4.83. The zero-order chi connectivity index (χ0) is 19.2. The van der Waals surface area contributed by atoms with Gasteiger partial charge in [-0.15, -0.1) is 0 Å². The zero-order valence-corrected chi connectivity index (χ0v) is 15.9. The Morgan fingerprint density at radius 2 is 1.78 bits per heavy atom. The fourth-order valence-corrected chi connectivity index (χ4v) is 3.26.